The van der Waals surface area contributed by atoms with Crippen molar-refractivity contribution in [3.8, 4) is 0 Å². The molecule has 18 heavy (non-hydrogen) atoms. The molecule has 0 radical (unpaired) electrons. The molecule has 0 fully saturated rings. The summed E-state index contributed by atoms with van der Waals surface area (Å²) in [7, 11) is 1.85. The van der Waals surface area contributed by atoms with Crippen LogP contribution in [0.1, 0.15) is 12.4 Å². The first-order valence-corrected chi connectivity index (χ1v) is 7.09. The van der Waals surface area contributed by atoms with Crippen LogP contribution in [-0.4, -0.2) is 17.9 Å². The van der Waals surface area contributed by atoms with Crippen molar-refractivity contribution in [3.05, 3.63) is 64.5 Å². The van der Waals surface area contributed by atoms with Crippen LogP contribution in [0.5, 0.6) is 0 Å². The molecule has 0 spiro atoms. The fourth-order valence-electron chi connectivity index (χ4n) is 1.46. The third kappa shape index (κ3) is 4.16. The minimum Gasteiger partial charge on any atom is -0.249 e. The SMILES string of the molecule is [2H]c1c([2H])c([2H])c(SN(C)CCc2ccccc2Br)c([2H])c1[2H]. The number of rotatable bonds is 5. The van der Waals surface area contributed by atoms with Crippen molar-refractivity contribution in [2.45, 2.75) is 11.3 Å². The van der Waals surface area contributed by atoms with Crippen molar-refractivity contribution in [3.63, 3.8) is 0 Å². The Labute approximate surface area is 128 Å². The molecular weight excluding hydrogens is 306 g/mol. The average molecular weight is 327 g/mol. The largest absolute Gasteiger partial charge is 0.249 e. The lowest BCUT2D eigenvalue weighted by molar-refractivity contribution is 0.568. The highest BCUT2D eigenvalue weighted by molar-refractivity contribution is 9.10. The third-order valence-corrected chi connectivity index (χ3v) is 4.03. The van der Waals surface area contributed by atoms with Crippen molar-refractivity contribution in [2.75, 3.05) is 13.6 Å². The van der Waals surface area contributed by atoms with Crippen molar-refractivity contribution >= 4 is 27.9 Å². The van der Waals surface area contributed by atoms with E-state index < -0.39 is 0 Å². The maximum Gasteiger partial charge on any atom is 0.0635 e. The fourth-order valence-corrected chi connectivity index (χ4v) is 2.64. The quantitative estimate of drug-likeness (QED) is 0.737. The summed E-state index contributed by atoms with van der Waals surface area (Å²) in [5.74, 6) is 0. The monoisotopic (exact) mass is 326 g/mol. The van der Waals surface area contributed by atoms with E-state index >= 15 is 0 Å². The maximum absolute atomic E-state index is 7.93. The molecule has 3 heteroatoms. The van der Waals surface area contributed by atoms with E-state index in [1.807, 2.05) is 35.6 Å². The Balaban J connectivity index is 2.12. The molecule has 0 aromatic heterocycles. The number of benzene rings is 2. The van der Waals surface area contributed by atoms with Gasteiger partial charge in [-0.1, -0.05) is 52.3 Å². The van der Waals surface area contributed by atoms with Crippen LogP contribution < -0.4 is 0 Å². The Bertz CT molecular complexity index is 696. The molecule has 94 valence electrons. The van der Waals surface area contributed by atoms with Gasteiger partial charge in [-0.25, -0.2) is 4.31 Å². The van der Waals surface area contributed by atoms with Gasteiger partial charge in [0.15, 0.2) is 0 Å². The fraction of sp³-hybridized carbons (Fsp3) is 0.200. The number of nitrogens with zero attached hydrogens (tertiary/aromatic N) is 1. The highest BCUT2D eigenvalue weighted by Crippen LogP contribution is 2.22. The van der Waals surface area contributed by atoms with E-state index in [0.29, 0.717) is 6.54 Å². The van der Waals surface area contributed by atoms with Crippen molar-refractivity contribution in [1.29, 1.82) is 0 Å². The summed E-state index contributed by atoms with van der Waals surface area (Å²) in [4.78, 5) is 0.255. The minimum atomic E-state index is -0.361. The molecule has 0 aliphatic carbocycles. The van der Waals surface area contributed by atoms with Gasteiger partial charge in [-0.2, -0.15) is 0 Å². The summed E-state index contributed by atoms with van der Waals surface area (Å²) in [5.41, 5.74) is 1.17. The predicted octanol–water partition coefficient (Wildman–Crippen LogP) is 4.63. The second-order valence-corrected chi connectivity index (χ2v) is 5.81. The molecule has 0 amide bonds. The number of hydrogen-bond acceptors (Lipinski definition) is 2. The van der Waals surface area contributed by atoms with Crippen LogP contribution in [-0.2, 0) is 6.42 Å². The maximum atomic E-state index is 7.93. The van der Waals surface area contributed by atoms with E-state index in [9.17, 15) is 0 Å². The molecule has 2 aromatic carbocycles. The van der Waals surface area contributed by atoms with Crippen molar-refractivity contribution in [2.24, 2.45) is 0 Å². The topological polar surface area (TPSA) is 3.24 Å². The summed E-state index contributed by atoms with van der Waals surface area (Å²) in [6.07, 6.45) is 0.795. The standard InChI is InChI=1S/C15H16BrNS/c1-17(18-14-8-3-2-4-9-14)12-11-13-7-5-6-10-15(13)16/h2-10H,11-12H2,1H3/i2D,3D,4D,8D,9D. The molecule has 0 aliphatic heterocycles. The van der Waals surface area contributed by atoms with Gasteiger partial charge in [0.05, 0.1) is 6.85 Å². The van der Waals surface area contributed by atoms with Gasteiger partial charge in [0.25, 0.3) is 0 Å². The number of likely N-dealkylation sites (N-methyl/N-ethyl adjacent to an activating group) is 1. The van der Waals surface area contributed by atoms with Crippen LogP contribution in [0.2, 0.25) is 0 Å². The zero-order valence-corrected chi connectivity index (χ0v) is 12.4. The Kier molecular flexibility index (Phi) is 3.26. The second-order valence-electron chi connectivity index (χ2n) is 3.74. The van der Waals surface area contributed by atoms with E-state index in [4.69, 9.17) is 6.85 Å². The van der Waals surface area contributed by atoms with Crippen LogP contribution in [0.4, 0.5) is 0 Å². The lowest BCUT2D eigenvalue weighted by Gasteiger charge is -2.15. The van der Waals surface area contributed by atoms with Crippen molar-refractivity contribution < 1.29 is 6.85 Å². The van der Waals surface area contributed by atoms with Crippen LogP contribution in [0, 0.1) is 0 Å². The van der Waals surface area contributed by atoms with Gasteiger partial charge in [0.1, 0.15) is 0 Å². The lowest BCUT2D eigenvalue weighted by atomic mass is 10.1. The highest BCUT2D eigenvalue weighted by Gasteiger charge is 2.03. The lowest BCUT2D eigenvalue weighted by Crippen LogP contribution is -2.13. The van der Waals surface area contributed by atoms with Crippen LogP contribution in [0.25, 0.3) is 0 Å². The van der Waals surface area contributed by atoms with E-state index in [0.717, 1.165) is 10.9 Å². The van der Waals surface area contributed by atoms with E-state index in [1.54, 1.807) is 0 Å². The Morgan fingerprint density at radius 1 is 1.22 bits per heavy atom. The Hall–Kier alpha value is -0.770. The third-order valence-electron chi connectivity index (χ3n) is 2.38. The zero-order chi connectivity index (χ0) is 17.1. The molecule has 0 saturated heterocycles. The summed E-state index contributed by atoms with van der Waals surface area (Å²) < 4.78 is 41.8. The molecule has 0 heterocycles. The molecule has 1 nitrogen and oxygen atoms in total. The second kappa shape index (κ2) is 6.98. The molecular formula is C15H16BrNS. The molecule has 0 N–H and O–H groups in total. The zero-order valence-electron chi connectivity index (χ0n) is 15.0. The van der Waals surface area contributed by atoms with Crippen molar-refractivity contribution in [1.82, 2.24) is 4.31 Å². The van der Waals surface area contributed by atoms with Crippen LogP contribution >= 0.6 is 27.9 Å². The first-order chi connectivity index (χ1) is 10.8. The average Bonchev–Trinajstić information content (AvgIpc) is 2.54. The van der Waals surface area contributed by atoms with E-state index in [2.05, 4.69) is 15.9 Å². The summed E-state index contributed by atoms with van der Waals surface area (Å²) in [6.45, 7) is 0.690. The Morgan fingerprint density at radius 2 is 1.94 bits per heavy atom. The van der Waals surface area contributed by atoms with Gasteiger partial charge >= 0.3 is 0 Å². The molecule has 0 aliphatic rings. The summed E-state index contributed by atoms with van der Waals surface area (Å²) >= 11 is 4.69. The first-order valence-electron chi connectivity index (χ1n) is 8.02. The van der Waals surface area contributed by atoms with E-state index in [-0.39, 0.29) is 35.1 Å². The molecule has 2 rings (SSSR count). The van der Waals surface area contributed by atoms with Gasteiger partial charge in [0.2, 0.25) is 0 Å². The van der Waals surface area contributed by atoms with Crippen LogP contribution in [0.3, 0.4) is 0 Å². The van der Waals surface area contributed by atoms with Crippen LogP contribution in [0.15, 0.2) is 63.8 Å². The number of halogens is 1. The van der Waals surface area contributed by atoms with Gasteiger partial charge in [-0.3, -0.25) is 0 Å². The molecule has 0 bridgehead atoms. The predicted molar refractivity (Wildman–Crippen MR) is 82.8 cm³/mol. The molecule has 2 aromatic rings. The normalized spacial score (nSPS) is 14.7. The highest BCUT2D eigenvalue weighted by atomic mass is 79.9. The molecule has 0 saturated carbocycles. The first kappa shape index (κ1) is 8.41. The Morgan fingerprint density at radius 3 is 2.67 bits per heavy atom. The van der Waals surface area contributed by atoms with Gasteiger partial charge in [0, 0.05) is 15.9 Å². The van der Waals surface area contributed by atoms with Gasteiger partial charge < -0.3 is 0 Å². The smallest absolute Gasteiger partial charge is 0.0635 e. The van der Waals surface area contributed by atoms with E-state index in [1.165, 1.54) is 17.5 Å². The molecule has 0 unspecified atom stereocenters. The van der Waals surface area contributed by atoms with Gasteiger partial charge in [-0.05, 0) is 49.1 Å². The molecule has 0 atom stereocenters. The minimum absolute atomic E-state index is 0.159. The number of hydrogen-bond donors (Lipinski definition) is 0. The van der Waals surface area contributed by atoms with Gasteiger partial charge in [-0.15, -0.1) is 0 Å². The summed E-state index contributed by atoms with van der Waals surface area (Å²) in [6, 6.07) is 6.68. The summed E-state index contributed by atoms with van der Waals surface area (Å²) in [5, 5.41) is 0.